The fraction of sp³-hybridized carbons (Fsp3) is 0.500. The van der Waals surface area contributed by atoms with Crippen LogP contribution < -0.4 is 0 Å². The Morgan fingerprint density at radius 2 is 2.22 bits per heavy atom. The molecule has 94 valence electrons. The van der Waals surface area contributed by atoms with E-state index in [9.17, 15) is 5.11 Å². The van der Waals surface area contributed by atoms with E-state index in [1.807, 2.05) is 11.3 Å². The second kappa shape index (κ2) is 3.93. The molecule has 1 atom stereocenters. The van der Waals surface area contributed by atoms with Crippen molar-refractivity contribution in [2.45, 2.75) is 44.6 Å². The van der Waals surface area contributed by atoms with E-state index in [1.54, 1.807) is 0 Å². The Kier molecular flexibility index (Phi) is 2.35. The van der Waals surface area contributed by atoms with E-state index in [-0.39, 0.29) is 6.10 Å². The lowest BCUT2D eigenvalue weighted by Gasteiger charge is -2.19. The van der Waals surface area contributed by atoms with Crippen molar-refractivity contribution in [3.63, 3.8) is 0 Å². The fourth-order valence-corrected chi connectivity index (χ4v) is 4.28. The highest BCUT2D eigenvalue weighted by atomic mass is 32.1. The van der Waals surface area contributed by atoms with E-state index in [0.717, 1.165) is 36.4 Å². The summed E-state index contributed by atoms with van der Waals surface area (Å²) in [6.45, 7) is 0. The van der Waals surface area contributed by atoms with Crippen LogP contribution in [0.4, 0.5) is 0 Å². The molecule has 0 radical (unpaired) electrons. The Morgan fingerprint density at radius 1 is 1.28 bits per heavy atom. The van der Waals surface area contributed by atoms with Crippen molar-refractivity contribution >= 4 is 11.3 Å². The SMILES string of the molecule is OC1CCCc2c1ccn2-c1nc2c(s1)CCC2. The number of aromatic nitrogens is 2. The number of thiazole rings is 1. The molecule has 18 heavy (non-hydrogen) atoms. The van der Waals surface area contributed by atoms with Gasteiger partial charge < -0.3 is 5.11 Å². The summed E-state index contributed by atoms with van der Waals surface area (Å²) in [5, 5.41) is 11.1. The van der Waals surface area contributed by atoms with Gasteiger partial charge in [-0.3, -0.25) is 4.57 Å². The standard InChI is InChI=1S/C14H16N2OS/c17-12-5-2-4-11-9(12)7-8-16(11)14-15-10-3-1-6-13(10)18-14/h7-8,12,17H,1-6H2. The average molecular weight is 260 g/mol. The second-order valence-corrected chi connectivity index (χ2v) is 6.28. The number of nitrogens with zero attached hydrogens (tertiary/aromatic N) is 2. The molecule has 2 aromatic rings. The van der Waals surface area contributed by atoms with Crippen LogP contribution in [-0.2, 0) is 19.3 Å². The first-order chi connectivity index (χ1) is 8.83. The largest absolute Gasteiger partial charge is 0.388 e. The minimum Gasteiger partial charge on any atom is -0.388 e. The molecule has 0 saturated carbocycles. The highest BCUT2D eigenvalue weighted by Gasteiger charge is 2.24. The Balaban J connectivity index is 1.80. The second-order valence-electron chi connectivity index (χ2n) is 5.22. The predicted molar refractivity (Wildman–Crippen MR) is 71.4 cm³/mol. The molecule has 4 rings (SSSR count). The molecular formula is C14H16N2OS. The van der Waals surface area contributed by atoms with Gasteiger partial charge in [0.15, 0.2) is 5.13 Å². The fourth-order valence-electron chi connectivity index (χ4n) is 3.13. The molecule has 0 amide bonds. The molecule has 1 N–H and O–H groups in total. The Bertz CT molecular complexity index is 577. The van der Waals surface area contributed by atoms with Gasteiger partial charge in [-0.2, -0.15) is 0 Å². The zero-order valence-electron chi connectivity index (χ0n) is 10.2. The van der Waals surface area contributed by atoms with E-state index in [0.29, 0.717) is 0 Å². The molecule has 2 heterocycles. The van der Waals surface area contributed by atoms with Crippen LogP contribution in [0.2, 0.25) is 0 Å². The third-order valence-corrected chi connectivity index (χ3v) is 5.22. The quantitative estimate of drug-likeness (QED) is 0.856. The van der Waals surface area contributed by atoms with Crippen LogP contribution in [0.25, 0.3) is 5.13 Å². The number of hydrogen-bond acceptors (Lipinski definition) is 3. The van der Waals surface area contributed by atoms with Crippen LogP contribution in [0, 0.1) is 0 Å². The monoisotopic (exact) mass is 260 g/mol. The van der Waals surface area contributed by atoms with E-state index in [2.05, 4.69) is 16.8 Å². The lowest BCUT2D eigenvalue weighted by molar-refractivity contribution is 0.156. The summed E-state index contributed by atoms with van der Waals surface area (Å²) in [5.74, 6) is 0. The summed E-state index contributed by atoms with van der Waals surface area (Å²) in [5.41, 5.74) is 3.67. The molecule has 4 heteroatoms. The summed E-state index contributed by atoms with van der Waals surface area (Å²) < 4.78 is 2.20. The molecular weight excluding hydrogens is 244 g/mol. The summed E-state index contributed by atoms with van der Waals surface area (Å²) in [4.78, 5) is 6.23. The van der Waals surface area contributed by atoms with Gasteiger partial charge in [-0.15, -0.1) is 11.3 Å². The normalized spacial score (nSPS) is 21.9. The van der Waals surface area contributed by atoms with Crippen molar-refractivity contribution < 1.29 is 5.11 Å². The zero-order valence-corrected chi connectivity index (χ0v) is 11.0. The van der Waals surface area contributed by atoms with Gasteiger partial charge in [0.2, 0.25) is 0 Å². The van der Waals surface area contributed by atoms with Crippen molar-refractivity contribution in [2.75, 3.05) is 0 Å². The number of rotatable bonds is 1. The van der Waals surface area contributed by atoms with E-state index < -0.39 is 0 Å². The number of fused-ring (bicyclic) bond motifs is 2. The first-order valence-corrected chi connectivity index (χ1v) is 7.52. The molecule has 0 spiro atoms. The van der Waals surface area contributed by atoms with Crippen LogP contribution in [0.1, 0.15) is 47.2 Å². The number of aryl methyl sites for hydroxylation is 2. The summed E-state index contributed by atoms with van der Waals surface area (Å²) in [6.07, 6.45) is 8.42. The molecule has 1 unspecified atom stereocenters. The number of hydrogen-bond donors (Lipinski definition) is 1. The molecule has 0 aliphatic heterocycles. The van der Waals surface area contributed by atoms with Crippen LogP contribution in [0.5, 0.6) is 0 Å². The summed E-state index contributed by atoms with van der Waals surface area (Å²) in [7, 11) is 0. The number of aliphatic hydroxyl groups is 1. The molecule has 0 fully saturated rings. The van der Waals surface area contributed by atoms with Gasteiger partial charge in [-0.25, -0.2) is 4.98 Å². The zero-order chi connectivity index (χ0) is 12.1. The minimum absolute atomic E-state index is 0.276. The molecule has 0 bridgehead atoms. The van der Waals surface area contributed by atoms with Gasteiger partial charge >= 0.3 is 0 Å². The van der Waals surface area contributed by atoms with Crippen molar-refractivity contribution in [2.24, 2.45) is 0 Å². The molecule has 2 aliphatic rings. The van der Waals surface area contributed by atoms with E-state index >= 15 is 0 Å². The maximum absolute atomic E-state index is 10.0. The van der Waals surface area contributed by atoms with Crippen LogP contribution in [0.3, 0.4) is 0 Å². The molecule has 2 aliphatic carbocycles. The molecule has 0 saturated heterocycles. The molecule has 2 aromatic heterocycles. The van der Waals surface area contributed by atoms with Gasteiger partial charge in [-0.05, 0) is 44.6 Å². The van der Waals surface area contributed by atoms with Crippen molar-refractivity contribution in [3.05, 3.63) is 34.1 Å². The lowest BCUT2D eigenvalue weighted by atomic mass is 9.95. The van der Waals surface area contributed by atoms with Crippen LogP contribution in [-0.4, -0.2) is 14.7 Å². The van der Waals surface area contributed by atoms with E-state index in [4.69, 9.17) is 4.98 Å². The van der Waals surface area contributed by atoms with Crippen LogP contribution in [0.15, 0.2) is 12.3 Å². The predicted octanol–water partition coefficient (Wildman–Crippen LogP) is 2.79. The highest BCUT2D eigenvalue weighted by Crippen LogP contribution is 2.35. The Morgan fingerprint density at radius 3 is 3.11 bits per heavy atom. The summed E-state index contributed by atoms with van der Waals surface area (Å²) in [6, 6.07) is 2.06. The van der Waals surface area contributed by atoms with Gasteiger partial charge in [0.05, 0.1) is 11.8 Å². The smallest absolute Gasteiger partial charge is 0.194 e. The van der Waals surface area contributed by atoms with Crippen molar-refractivity contribution in [3.8, 4) is 5.13 Å². The van der Waals surface area contributed by atoms with Gasteiger partial charge in [0.25, 0.3) is 0 Å². The minimum atomic E-state index is -0.276. The van der Waals surface area contributed by atoms with E-state index in [1.165, 1.54) is 29.1 Å². The summed E-state index contributed by atoms with van der Waals surface area (Å²) >= 11 is 1.82. The third-order valence-electron chi connectivity index (χ3n) is 4.07. The Labute approximate surface area is 110 Å². The average Bonchev–Trinajstić information content (AvgIpc) is 3.00. The van der Waals surface area contributed by atoms with Crippen molar-refractivity contribution in [1.29, 1.82) is 0 Å². The first kappa shape index (κ1) is 10.8. The number of aliphatic hydroxyl groups excluding tert-OH is 1. The maximum Gasteiger partial charge on any atom is 0.194 e. The topological polar surface area (TPSA) is 38.0 Å². The maximum atomic E-state index is 10.0. The first-order valence-electron chi connectivity index (χ1n) is 6.70. The highest BCUT2D eigenvalue weighted by molar-refractivity contribution is 7.14. The van der Waals surface area contributed by atoms with Gasteiger partial charge in [0.1, 0.15) is 0 Å². The van der Waals surface area contributed by atoms with Crippen LogP contribution >= 0.6 is 11.3 Å². The lowest BCUT2D eigenvalue weighted by Crippen LogP contribution is -2.10. The Hall–Kier alpha value is -1.13. The van der Waals surface area contributed by atoms with Crippen molar-refractivity contribution in [1.82, 2.24) is 9.55 Å². The van der Waals surface area contributed by atoms with Gasteiger partial charge in [-0.1, -0.05) is 0 Å². The third kappa shape index (κ3) is 1.49. The van der Waals surface area contributed by atoms with Gasteiger partial charge in [0, 0.05) is 22.3 Å². The molecule has 0 aromatic carbocycles. The molecule has 3 nitrogen and oxygen atoms in total.